The minimum atomic E-state index is -0.0508. The number of nitrogens with zero attached hydrogens (tertiary/aromatic N) is 1. The summed E-state index contributed by atoms with van der Waals surface area (Å²) in [4.78, 5) is 15.0. The molecule has 1 amide bonds. The zero-order valence-corrected chi connectivity index (χ0v) is 15.5. The standard InChI is InChI=1S/C22H28N2O/c1-16-6-11-21(18(3)13-16)23-22(25)20-9-7-19(8-10-20)15-24-12-4-5-17(2)14-24/h6-11,13,17H,4-5,12,14-15H2,1-3H3,(H,23,25). The van der Waals surface area contributed by atoms with Gasteiger partial charge in [-0.2, -0.15) is 0 Å². The number of nitrogens with one attached hydrogen (secondary N) is 1. The molecule has 0 radical (unpaired) electrons. The predicted molar refractivity (Wildman–Crippen MR) is 104 cm³/mol. The molecule has 2 aromatic carbocycles. The Labute approximate surface area is 151 Å². The number of hydrogen-bond acceptors (Lipinski definition) is 2. The van der Waals surface area contributed by atoms with Gasteiger partial charge in [0.05, 0.1) is 0 Å². The van der Waals surface area contributed by atoms with Crippen molar-refractivity contribution in [3.63, 3.8) is 0 Å². The SMILES string of the molecule is Cc1ccc(NC(=O)c2ccc(CN3CCCC(C)C3)cc2)c(C)c1. The highest BCUT2D eigenvalue weighted by Gasteiger charge is 2.16. The molecule has 25 heavy (non-hydrogen) atoms. The fraction of sp³-hybridized carbons (Fsp3) is 0.409. The van der Waals surface area contributed by atoms with Gasteiger partial charge in [0.15, 0.2) is 0 Å². The van der Waals surface area contributed by atoms with E-state index in [1.165, 1.54) is 37.1 Å². The van der Waals surface area contributed by atoms with Crippen LogP contribution in [0.15, 0.2) is 42.5 Å². The van der Waals surface area contributed by atoms with Gasteiger partial charge in [0.1, 0.15) is 0 Å². The summed E-state index contributed by atoms with van der Waals surface area (Å²) in [6.45, 7) is 9.73. The Morgan fingerprint density at radius 2 is 1.92 bits per heavy atom. The molecule has 1 heterocycles. The molecule has 0 aromatic heterocycles. The highest BCUT2D eigenvalue weighted by Crippen LogP contribution is 2.19. The van der Waals surface area contributed by atoms with Crippen molar-refractivity contribution in [2.45, 2.75) is 40.2 Å². The van der Waals surface area contributed by atoms with E-state index in [1.807, 2.05) is 31.2 Å². The molecule has 0 bridgehead atoms. The third-order valence-electron chi connectivity index (χ3n) is 4.99. The Kier molecular flexibility index (Phi) is 5.54. The van der Waals surface area contributed by atoms with Crippen LogP contribution in [0.5, 0.6) is 0 Å². The summed E-state index contributed by atoms with van der Waals surface area (Å²) in [7, 11) is 0. The van der Waals surface area contributed by atoms with Crippen LogP contribution in [0, 0.1) is 19.8 Å². The molecule has 0 saturated carbocycles. The number of benzene rings is 2. The molecule has 3 nitrogen and oxygen atoms in total. The highest BCUT2D eigenvalue weighted by molar-refractivity contribution is 6.04. The smallest absolute Gasteiger partial charge is 0.255 e. The van der Waals surface area contributed by atoms with E-state index in [0.29, 0.717) is 5.56 Å². The topological polar surface area (TPSA) is 32.3 Å². The zero-order chi connectivity index (χ0) is 17.8. The third kappa shape index (κ3) is 4.70. The molecular formula is C22H28N2O. The van der Waals surface area contributed by atoms with Crippen molar-refractivity contribution in [2.24, 2.45) is 5.92 Å². The van der Waals surface area contributed by atoms with Crippen molar-refractivity contribution in [3.05, 3.63) is 64.7 Å². The Hall–Kier alpha value is -2.13. The Morgan fingerprint density at radius 3 is 2.60 bits per heavy atom. The molecule has 132 valence electrons. The van der Waals surface area contributed by atoms with Crippen LogP contribution in [-0.2, 0) is 6.54 Å². The first-order chi connectivity index (χ1) is 12.0. The fourth-order valence-electron chi connectivity index (χ4n) is 3.60. The number of anilines is 1. The summed E-state index contributed by atoms with van der Waals surface area (Å²) in [6, 6.07) is 14.1. The van der Waals surface area contributed by atoms with Gasteiger partial charge >= 0.3 is 0 Å². The van der Waals surface area contributed by atoms with Gasteiger partial charge in [-0.25, -0.2) is 0 Å². The molecule has 3 rings (SSSR count). The first-order valence-corrected chi connectivity index (χ1v) is 9.21. The number of carbonyl (C=O) groups excluding carboxylic acids is 1. The molecule has 0 spiro atoms. The molecule has 3 heteroatoms. The third-order valence-corrected chi connectivity index (χ3v) is 4.99. The molecule has 1 aliphatic rings. The number of amides is 1. The van der Waals surface area contributed by atoms with Crippen LogP contribution in [0.1, 0.15) is 46.8 Å². The minimum Gasteiger partial charge on any atom is -0.322 e. The van der Waals surface area contributed by atoms with Crippen LogP contribution in [-0.4, -0.2) is 23.9 Å². The van der Waals surface area contributed by atoms with Gasteiger partial charge in [-0.05, 0) is 68.5 Å². The number of rotatable bonds is 4. The lowest BCUT2D eigenvalue weighted by Gasteiger charge is -2.30. The maximum Gasteiger partial charge on any atom is 0.255 e. The molecule has 2 aromatic rings. The molecular weight excluding hydrogens is 308 g/mol. The number of hydrogen-bond donors (Lipinski definition) is 1. The van der Waals surface area contributed by atoms with Gasteiger partial charge in [0, 0.05) is 24.3 Å². The van der Waals surface area contributed by atoms with E-state index in [4.69, 9.17) is 0 Å². The molecule has 1 fully saturated rings. The van der Waals surface area contributed by atoms with E-state index in [-0.39, 0.29) is 5.91 Å². The summed E-state index contributed by atoms with van der Waals surface area (Å²) >= 11 is 0. The summed E-state index contributed by atoms with van der Waals surface area (Å²) in [5.74, 6) is 0.738. The Balaban J connectivity index is 1.62. The Morgan fingerprint density at radius 1 is 1.16 bits per heavy atom. The summed E-state index contributed by atoms with van der Waals surface area (Å²) in [5, 5.41) is 3.01. The van der Waals surface area contributed by atoms with Crippen LogP contribution in [0.2, 0.25) is 0 Å². The highest BCUT2D eigenvalue weighted by atomic mass is 16.1. The first-order valence-electron chi connectivity index (χ1n) is 9.21. The van der Waals surface area contributed by atoms with Crippen molar-refractivity contribution >= 4 is 11.6 Å². The van der Waals surface area contributed by atoms with E-state index in [0.717, 1.165) is 23.7 Å². The van der Waals surface area contributed by atoms with E-state index in [2.05, 4.69) is 42.3 Å². The number of carbonyl (C=O) groups is 1. The van der Waals surface area contributed by atoms with Gasteiger partial charge in [0.2, 0.25) is 0 Å². The predicted octanol–water partition coefficient (Wildman–Crippen LogP) is 4.79. The van der Waals surface area contributed by atoms with E-state index >= 15 is 0 Å². The molecule has 0 aliphatic carbocycles. The fourth-order valence-corrected chi connectivity index (χ4v) is 3.60. The van der Waals surface area contributed by atoms with Crippen molar-refractivity contribution in [1.29, 1.82) is 0 Å². The lowest BCUT2D eigenvalue weighted by atomic mass is 9.99. The normalized spacial score (nSPS) is 18.1. The average Bonchev–Trinajstić information content (AvgIpc) is 2.58. The van der Waals surface area contributed by atoms with Gasteiger partial charge in [-0.3, -0.25) is 9.69 Å². The lowest BCUT2D eigenvalue weighted by molar-refractivity contribution is 0.102. The lowest BCUT2D eigenvalue weighted by Crippen LogP contribution is -2.33. The van der Waals surface area contributed by atoms with Crippen LogP contribution < -0.4 is 5.32 Å². The molecule has 1 aliphatic heterocycles. The second kappa shape index (κ2) is 7.83. The molecule has 1 saturated heterocycles. The van der Waals surface area contributed by atoms with Crippen LogP contribution in [0.4, 0.5) is 5.69 Å². The average molecular weight is 336 g/mol. The zero-order valence-electron chi connectivity index (χ0n) is 15.5. The minimum absolute atomic E-state index is 0.0508. The van der Waals surface area contributed by atoms with Crippen LogP contribution >= 0.6 is 0 Å². The molecule has 1 atom stereocenters. The maximum absolute atomic E-state index is 12.5. The van der Waals surface area contributed by atoms with Crippen molar-refractivity contribution in [2.75, 3.05) is 18.4 Å². The van der Waals surface area contributed by atoms with Crippen LogP contribution in [0.3, 0.4) is 0 Å². The first kappa shape index (κ1) is 17.7. The molecule has 1 N–H and O–H groups in total. The maximum atomic E-state index is 12.5. The van der Waals surface area contributed by atoms with Gasteiger partial charge in [-0.1, -0.05) is 36.8 Å². The summed E-state index contributed by atoms with van der Waals surface area (Å²) in [5.41, 5.74) is 5.14. The van der Waals surface area contributed by atoms with Crippen LogP contribution in [0.25, 0.3) is 0 Å². The number of aryl methyl sites for hydroxylation is 2. The van der Waals surface area contributed by atoms with E-state index in [1.54, 1.807) is 0 Å². The summed E-state index contributed by atoms with van der Waals surface area (Å²) in [6.07, 6.45) is 2.63. The van der Waals surface area contributed by atoms with Gasteiger partial charge in [0.25, 0.3) is 5.91 Å². The summed E-state index contributed by atoms with van der Waals surface area (Å²) < 4.78 is 0. The monoisotopic (exact) mass is 336 g/mol. The van der Waals surface area contributed by atoms with E-state index < -0.39 is 0 Å². The van der Waals surface area contributed by atoms with Crippen molar-refractivity contribution in [3.8, 4) is 0 Å². The molecule has 1 unspecified atom stereocenters. The van der Waals surface area contributed by atoms with Gasteiger partial charge < -0.3 is 5.32 Å². The number of likely N-dealkylation sites (tertiary alicyclic amines) is 1. The Bertz CT molecular complexity index is 736. The van der Waals surface area contributed by atoms with Gasteiger partial charge in [-0.15, -0.1) is 0 Å². The second-order valence-corrected chi connectivity index (χ2v) is 7.45. The van der Waals surface area contributed by atoms with E-state index in [9.17, 15) is 4.79 Å². The van der Waals surface area contributed by atoms with Crippen molar-refractivity contribution in [1.82, 2.24) is 4.90 Å². The quantitative estimate of drug-likeness (QED) is 0.871. The number of piperidine rings is 1. The largest absolute Gasteiger partial charge is 0.322 e. The van der Waals surface area contributed by atoms with Crippen molar-refractivity contribution < 1.29 is 4.79 Å². The second-order valence-electron chi connectivity index (χ2n) is 7.45.